The summed E-state index contributed by atoms with van der Waals surface area (Å²) in [5, 5.41) is 14.2. The summed E-state index contributed by atoms with van der Waals surface area (Å²) in [7, 11) is 0. The van der Waals surface area contributed by atoms with Gasteiger partial charge in [-0.3, -0.25) is 4.98 Å². The molecule has 0 aliphatic heterocycles. The molecule has 0 spiro atoms. The standard InChI is InChI=1S/C24H21NO/c1-15-10-12-20-19(14-15)23(18-8-4-5-9-22(18)26)24-17-7-3-2-6-16(17)11-13-21(24)25-20/h2-9,11,13,15,26H,10,12,14H2,1H3/t15-/m1/s1. The normalized spacial score (nSPS) is 16.7. The molecule has 1 aromatic heterocycles. The summed E-state index contributed by atoms with van der Waals surface area (Å²) in [5.41, 5.74) is 5.63. The number of para-hydroxylation sites is 1. The van der Waals surface area contributed by atoms with Crippen LogP contribution in [0.4, 0.5) is 0 Å². The van der Waals surface area contributed by atoms with Gasteiger partial charge in [-0.05, 0) is 53.6 Å². The second-order valence-corrected chi connectivity index (χ2v) is 7.46. The third-order valence-corrected chi connectivity index (χ3v) is 5.66. The second kappa shape index (κ2) is 5.84. The maximum absolute atomic E-state index is 10.6. The van der Waals surface area contributed by atoms with Crippen LogP contribution in [0.2, 0.25) is 0 Å². The van der Waals surface area contributed by atoms with E-state index in [-0.39, 0.29) is 0 Å². The minimum absolute atomic E-state index is 0.341. The van der Waals surface area contributed by atoms with Crippen LogP contribution >= 0.6 is 0 Å². The first-order chi connectivity index (χ1) is 12.7. The predicted octanol–water partition coefficient (Wildman–Crippen LogP) is 5.89. The fourth-order valence-electron chi connectivity index (χ4n) is 4.37. The number of aryl methyl sites for hydroxylation is 1. The Bertz CT molecular complexity index is 1150. The Balaban J connectivity index is 2.00. The van der Waals surface area contributed by atoms with Gasteiger partial charge in [0.05, 0.1) is 5.52 Å². The SMILES string of the molecule is C[C@@H]1CCc2nc3ccc4ccccc4c3c(-c3ccccc3O)c2C1. The van der Waals surface area contributed by atoms with Crippen LogP contribution in [-0.4, -0.2) is 10.1 Å². The first-order valence-corrected chi connectivity index (χ1v) is 9.34. The Morgan fingerprint density at radius 1 is 0.962 bits per heavy atom. The quantitative estimate of drug-likeness (QED) is 0.439. The first-order valence-electron chi connectivity index (χ1n) is 9.34. The lowest BCUT2D eigenvalue weighted by Gasteiger charge is -2.25. The van der Waals surface area contributed by atoms with E-state index in [4.69, 9.17) is 4.98 Å². The summed E-state index contributed by atoms with van der Waals surface area (Å²) in [5.74, 6) is 0.981. The molecule has 1 atom stereocenters. The first kappa shape index (κ1) is 15.4. The Kier molecular flexibility index (Phi) is 3.46. The minimum atomic E-state index is 0.341. The highest BCUT2D eigenvalue weighted by atomic mass is 16.3. The van der Waals surface area contributed by atoms with Gasteiger partial charge in [0.2, 0.25) is 0 Å². The number of pyridine rings is 1. The maximum Gasteiger partial charge on any atom is 0.123 e. The third-order valence-electron chi connectivity index (χ3n) is 5.66. The Hall–Kier alpha value is -2.87. The van der Waals surface area contributed by atoms with E-state index in [0.717, 1.165) is 29.3 Å². The van der Waals surface area contributed by atoms with Gasteiger partial charge in [-0.1, -0.05) is 55.5 Å². The molecule has 2 heteroatoms. The zero-order valence-electron chi connectivity index (χ0n) is 14.9. The number of rotatable bonds is 1. The van der Waals surface area contributed by atoms with Gasteiger partial charge in [0, 0.05) is 22.2 Å². The summed E-state index contributed by atoms with van der Waals surface area (Å²) in [6.45, 7) is 2.31. The monoisotopic (exact) mass is 339 g/mol. The van der Waals surface area contributed by atoms with E-state index in [1.165, 1.54) is 34.0 Å². The number of fused-ring (bicyclic) bond motifs is 4. The second-order valence-electron chi connectivity index (χ2n) is 7.46. The molecule has 3 aromatic carbocycles. The van der Waals surface area contributed by atoms with E-state index < -0.39 is 0 Å². The number of aromatic hydroxyl groups is 1. The number of hydrogen-bond acceptors (Lipinski definition) is 2. The van der Waals surface area contributed by atoms with Crippen LogP contribution in [0.25, 0.3) is 32.8 Å². The molecular weight excluding hydrogens is 318 g/mol. The molecule has 0 bridgehead atoms. The molecule has 1 heterocycles. The molecule has 128 valence electrons. The highest BCUT2D eigenvalue weighted by Gasteiger charge is 2.24. The van der Waals surface area contributed by atoms with E-state index in [1.54, 1.807) is 6.07 Å². The number of benzene rings is 3. The lowest BCUT2D eigenvalue weighted by atomic mass is 9.81. The van der Waals surface area contributed by atoms with Crippen molar-refractivity contribution in [2.75, 3.05) is 0 Å². The largest absolute Gasteiger partial charge is 0.507 e. The van der Waals surface area contributed by atoms with Crippen molar-refractivity contribution in [2.24, 2.45) is 5.92 Å². The lowest BCUT2D eigenvalue weighted by molar-refractivity contribution is 0.476. The molecular formula is C24H21NO. The van der Waals surface area contributed by atoms with Crippen molar-refractivity contribution in [3.8, 4) is 16.9 Å². The van der Waals surface area contributed by atoms with Crippen LogP contribution in [0.15, 0.2) is 60.7 Å². The molecule has 1 aliphatic carbocycles. The van der Waals surface area contributed by atoms with Crippen molar-refractivity contribution in [3.05, 3.63) is 71.9 Å². The fourth-order valence-corrected chi connectivity index (χ4v) is 4.37. The Morgan fingerprint density at radius 2 is 1.77 bits per heavy atom. The molecule has 0 amide bonds. The van der Waals surface area contributed by atoms with E-state index in [9.17, 15) is 5.11 Å². The zero-order valence-corrected chi connectivity index (χ0v) is 14.9. The van der Waals surface area contributed by atoms with Crippen LogP contribution in [0.5, 0.6) is 5.75 Å². The van der Waals surface area contributed by atoms with Crippen molar-refractivity contribution in [3.63, 3.8) is 0 Å². The molecule has 0 radical (unpaired) electrons. The van der Waals surface area contributed by atoms with Crippen LogP contribution in [0, 0.1) is 5.92 Å². The molecule has 0 unspecified atom stereocenters. The molecule has 26 heavy (non-hydrogen) atoms. The topological polar surface area (TPSA) is 33.1 Å². The van der Waals surface area contributed by atoms with Gasteiger partial charge in [0.1, 0.15) is 5.75 Å². The molecule has 5 rings (SSSR count). The minimum Gasteiger partial charge on any atom is -0.507 e. The molecule has 0 saturated heterocycles. The van der Waals surface area contributed by atoms with Crippen molar-refractivity contribution < 1.29 is 5.11 Å². The molecule has 0 saturated carbocycles. The van der Waals surface area contributed by atoms with Crippen molar-refractivity contribution in [2.45, 2.75) is 26.2 Å². The number of phenolic OH excluding ortho intramolecular Hbond substituents is 1. The summed E-state index contributed by atoms with van der Waals surface area (Å²) >= 11 is 0. The molecule has 4 aromatic rings. The highest BCUT2D eigenvalue weighted by molar-refractivity contribution is 6.14. The van der Waals surface area contributed by atoms with E-state index >= 15 is 0 Å². The summed E-state index contributed by atoms with van der Waals surface area (Å²) in [6, 6.07) is 20.4. The highest BCUT2D eigenvalue weighted by Crippen LogP contribution is 2.43. The van der Waals surface area contributed by atoms with Crippen molar-refractivity contribution >= 4 is 21.7 Å². The van der Waals surface area contributed by atoms with Gasteiger partial charge in [-0.15, -0.1) is 0 Å². The Morgan fingerprint density at radius 3 is 2.65 bits per heavy atom. The molecule has 0 fully saturated rings. The summed E-state index contributed by atoms with van der Waals surface area (Å²) in [6.07, 6.45) is 3.21. The number of aromatic nitrogens is 1. The molecule has 1 N–H and O–H groups in total. The molecule has 1 aliphatic rings. The lowest BCUT2D eigenvalue weighted by Crippen LogP contribution is -2.14. The smallest absolute Gasteiger partial charge is 0.123 e. The van der Waals surface area contributed by atoms with Gasteiger partial charge in [-0.25, -0.2) is 0 Å². The number of hydrogen-bond donors (Lipinski definition) is 1. The third kappa shape index (κ3) is 2.29. The van der Waals surface area contributed by atoms with Crippen LogP contribution in [0.3, 0.4) is 0 Å². The number of phenols is 1. The van der Waals surface area contributed by atoms with Crippen molar-refractivity contribution in [1.29, 1.82) is 0 Å². The van der Waals surface area contributed by atoms with E-state index in [1.807, 2.05) is 18.2 Å². The van der Waals surface area contributed by atoms with Gasteiger partial charge in [0.25, 0.3) is 0 Å². The van der Waals surface area contributed by atoms with Crippen LogP contribution in [-0.2, 0) is 12.8 Å². The van der Waals surface area contributed by atoms with Gasteiger partial charge in [-0.2, -0.15) is 0 Å². The average Bonchev–Trinajstić information content (AvgIpc) is 2.67. The molecule has 2 nitrogen and oxygen atoms in total. The summed E-state index contributed by atoms with van der Waals surface area (Å²) < 4.78 is 0. The van der Waals surface area contributed by atoms with Gasteiger partial charge >= 0.3 is 0 Å². The van der Waals surface area contributed by atoms with Gasteiger partial charge < -0.3 is 5.11 Å². The average molecular weight is 339 g/mol. The van der Waals surface area contributed by atoms with E-state index in [2.05, 4.69) is 43.3 Å². The zero-order chi connectivity index (χ0) is 17.7. The van der Waals surface area contributed by atoms with Crippen molar-refractivity contribution in [1.82, 2.24) is 4.98 Å². The van der Waals surface area contributed by atoms with Gasteiger partial charge in [0.15, 0.2) is 0 Å². The van der Waals surface area contributed by atoms with Crippen LogP contribution < -0.4 is 0 Å². The maximum atomic E-state index is 10.6. The fraction of sp³-hybridized carbons (Fsp3) is 0.208. The predicted molar refractivity (Wildman–Crippen MR) is 108 cm³/mol. The van der Waals surface area contributed by atoms with Crippen LogP contribution in [0.1, 0.15) is 24.6 Å². The Labute approximate surface area is 153 Å². The van der Waals surface area contributed by atoms with E-state index in [0.29, 0.717) is 11.7 Å². The number of nitrogens with zero attached hydrogens (tertiary/aromatic N) is 1. The summed E-state index contributed by atoms with van der Waals surface area (Å²) in [4.78, 5) is 5.03.